The molecule has 0 radical (unpaired) electrons. The first-order valence-corrected chi connectivity index (χ1v) is 7.62. The van der Waals surface area contributed by atoms with E-state index in [4.69, 9.17) is 22.2 Å². The second-order valence-corrected chi connectivity index (χ2v) is 5.62. The van der Waals surface area contributed by atoms with Crippen LogP contribution in [0.2, 0.25) is 5.02 Å². The predicted octanol–water partition coefficient (Wildman–Crippen LogP) is 2.57. The normalized spacial score (nSPS) is 13.8. The van der Waals surface area contributed by atoms with Crippen LogP contribution < -0.4 is 10.6 Å². The SMILES string of the molecule is N/C(=N/OCC(=O)N1CCc2ccccc21)c1cccc(Cl)c1. The van der Waals surface area contributed by atoms with Crippen molar-refractivity contribution in [2.45, 2.75) is 6.42 Å². The third-order valence-corrected chi connectivity index (χ3v) is 3.89. The highest BCUT2D eigenvalue weighted by molar-refractivity contribution is 6.31. The Balaban J connectivity index is 1.61. The zero-order chi connectivity index (χ0) is 16.2. The van der Waals surface area contributed by atoms with Crippen molar-refractivity contribution in [1.82, 2.24) is 0 Å². The highest BCUT2D eigenvalue weighted by atomic mass is 35.5. The number of benzene rings is 2. The maximum atomic E-state index is 12.2. The summed E-state index contributed by atoms with van der Waals surface area (Å²) >= 11 is 5.90. The summed E-state index contributed by atoms with van der Waals surface area (Å²) in [6, 6.07) is 14.8. The van der Waals surface area contributed by atoms with Crippen LogP contribution in [0, 0.1) is 0 Å². The van der Waals surface area contributed by atoms with Crippen molar-refractivity contribution in [2.24, 2.45) is 10.9 Å². The summed E-state index contributed by atoms with van der Waals surface area (Å²) in [7, 11) is 0. The number of rotatable bonds is 4. The first-order valence-electron chi connectivity index (χ1n) is 7.25. The molecule has 1 aliphatic heterocycles. The van der Waals surface area contributed by atoms with Crippen molar-refractivity contribution < 1.29 is 9.63 Å². The molecule has 0 aliphatic carbocycles. The first kappa shape index (κ1) is 15.4. The number of nitrogens with two attached hydrogens (primary N) is 1. The molecule has 0 saturated heterocycles. The Bertz CT molecular complexity index is 761. The molecule has 3 rings (SSSR count). The molecule has 0 bridgehead atoms. The molecule has 2 aromatic carbocycles. The van der Waals surface area contributed by atoms with Crippen LogP contribution in [-0.4, -0.2) is 24.9 Å². The molecule has 0 fully saturated rings. The number of nitrogens with zero attached hydrogens (tertiary/aromatic N) is 2. The quantitative estimate of drug-likeness (QED) is 0.532. The Hall–Kier alpha value is -2.53. The van der Waals surface area contributed by atoms with E-state index in [1.54, 1.807) is 29.2 Å². The molecule has 6 heteroatoms. The summed E-state index contributed by atoms with van der Waals surface area (Å²) in [5, 5.41) is 4.35. The van der Waals surface area contributed by atoms with Gasteiger partial charge in [-0.3, -0.25) is 4.79 Å². The molecular weight excluding hydrogens is 314 g/mol. The van der Waals surface area contributed by atoms with Gasteiger partial charge in [0.1, 0.15) is 0 Å². The Kier molecular flexibility index (Phi) is 4.48. The van der Waals surface area contributed by atoms with E-state index in [9.17, 15) is 4.79 Å². The number of amidine groups is 1. The maximum Gasteiger partial charge on any atom is 0.267 e. The van der Waals surface area contributed by atoms with E-state index in [0.29, 0.717) is 17.1 Å². The molecule has 0 unspecified atom stereocenters. The Morgan fingerprint density at radius 1 is 1.26 bits per heavy atom. The molecule has 1 heterocycles. The molecule has 0 spiro atoms. The maximum absolute atomic E-state index is 12.2. The topological polar surface area (TPSA) is 67.9 Å². The fourth-order valence-corrected chi connectivity index (χ4v) is 2.72. The predicted molar refractivity (Wildman–Crippen MR) is 90.6 cm³/mol. The van der Waals surface area contributed by atoms with Gasteiger partial charge < -0.3 is 15.5 Å². The summed E-state index contributed by atoms with van der Waals surface area (Å²) in [6.07, 6.45) is 0.857. The number of para-hydroxylation sites is 1. The van der Waals surface area contributed by atoms with Crippen molar-refractivity contribution in [3.05, 3.63) is 64.7 Å². The monoisotopic (exact) mass is 329 g/mol. The molecule has 2 N–H and O–H groups in total. The van der Waals surface area contributed by atoms with E-state index < -0.39 is 0 Å². The molecule has 0 saturated carbocycles. The molecular formula is C17H16ClN3O2. The first-order chi connectivity index (χ1) is 11.1. The van der Waals surface area contributed by atoms with Crippen molar-refractivity contribution in [1.29, 1.82) is 0 Å². The largest absolute Gasteiger partial charge is 0.384 e. The summed E-state index contributed by atoms with van der Waals surface area (Å²) in [4.78, 5) is 19.1. The zero-order valence-electron chi connectivity index (χ0n) is 12.4. The van der Waals surface area contributed by atoms with E-state index in [2.05, 4.69) is 5.16 Å². The fraction of sp³-hybridized carbons (Fsp3) is 0.176. The van der Waals surface area contributed by atoms with Crippen LogP contribution in [0.1, 0.15) is 11.1 Å². The number of amides is 1. The number of hydrogen-bond donors (Lipinski definition) is 1. The third-order valence-electron chi connectivity index (χ3n) is 3.66. The van der Waals surface area contributed by atoms with E-state index in [-0.39, 0.29) is 18.3 Å². The lowest BCUT2D eigenvalue weighted by atomic mass is 10.2. The van der Waals surface area contributed by atoms with E-state index >= 15 is 0 Å². The summed E-state index contributed by atoms with van der Waals surface area (Å²) < 4.78 is 0. The molecule has 118 valence electrons. The Labute approximate surface area is 139 Å². The number of carbonyl (C=O) groups is 1. The summed E-state index contributed by atoms with van der Waals surface area (Å²) in [5.74, 6) is 0.0414. The van der Waals surface area contributed by atoms with E-state index in [0.717, 1.165) is 12.1 Å². The molecule has 0 atom stereocenters. The lowest BCUT2D eigenvalue weighted by molar-refractivity contribution is -0.122. The van der Waals surface area contributed by atoms with Gasteiger partial charge in [-0.05, 0) is 30.2 Å². The van der Waals surface area contributed by atoms with E-state index in [1.807, 2.05) is 24.3 Å². The minimum absolute atomic E-state index is 0.141. The van der Waals surface area contributed by atoms with Gasteiger partial charge in [0.05, 0.1) is 0 Å². The lowest BCUT2D eigenvalue weighted by Gasteiger charge is -2.16. The minimum Gasteiger partial charge on any atom is -0.384 e. The fourth-order valence-electron chi connectivity index (χ4n) is 2.53. The minimum atomic E-state index is -0.157. The second kappa shape index (κ2) is 6.71. The molecule has 0 aromatic heterocycles. The van der Waals surface area contributed by atoms with Gasteiger partial charge in [-0.1, -0.05) is 47.1 Å². The van der Waals surface area contributed by atoms with Gasteiger partial charge in [0, 0.05) is 22.8 Å². The Morgan fingerprint density at radius 3 is 2.91 bits per heavy atom. The molecule has 1 amide bonds. The molecule has 5 nitrogen and oxygen atoms in total. The van der Waals surface area contributed by atoms with Crippen LogP contribution in [0.3, 0.4) is 0 Å². The number of oxime groups is 1. The van der Waals surface area contributed by atoms with Gasteiger partial charge in [0.15, 0.2) is 12.4 Å². The van der Waals surface area contributed by atoms with Crippen molar-refractivity contribution in [3.63, 3.8) is 0 Å². The van der Waals surface area contributed by atoms with Crippen LogP contribution in [0.15, 0.2) is 53.7 Å². The van der Waals surface area contributed by atoms with Crippen LogP contribution in [-0.2, 0) is 16.1 Å². The second-order valence-electron chi connectivity index (χ2n) is 5.18. The number of fused-ring (bicyclic) bond motifs is 1. The van der Waals surface area contributed by atoms with Crippen LogP contribution in [0.4, 0.5) is 5.69 Å². The smallest absolute Gasteiger partial charge is 0.267 e. The number of halogens is 1. The summed E-state index contributed by atoms with van der Waals surface area (Å²) in [5.41, 5.74) is 8.58. The molecule has 1 aliphatic rings. The van der Waals surface area contributed by atoms with Crippen molar-refractivity contribution in [2.75, 3.05) is 18.1 Å². The average molecular weight is 330 g/mol. The zero-order valence-corrected chi connectivity index (χ0v) is 13.2. The van der Waals surface area contributed by atoms with Crippen LogP contribution in [0.25, 0.3) is 0 Å². The summed E-state index contributed by atoms with van der Waals surface area (Å²) in [6.45, 7) is 0.505. The van der Waals surface area contributed by atoms with Gasteiger partial charge in [-0.25, -0.2) is 0 Å². The average Bonchev–Trinajstić information content (AvgIpc) is 2.98. The number of anilines is 1. The number of hydrogen-bond acceptors (Lipinski definition) is 3. The van der Waals surface area contributed by atoms with Crippen molar-refractivity contribution in [3.8, 4) is 0 Å². The lowest BCUT2D eigenvalue weighted by Crippen LogP contribution is -2.32. The number of carbonyl (C=O) groups excluding carboxylic acids is 1. The van der Waals surface area contributed by atoms with Gasteiger partial charge in [0.2, 0.25) is 0 Å². The van der Waals surface area contributed by atoms with Crippen LogP contribution >= 0.6 is 11.6 Å². The van der Waals surface area contributed by atoms with E-state index in [1.165, 1.54) is 5.56 Å². The van der Waals surface area contributed by atoms with Crippen LogP contribution in [0.5, 0.6) is 0 Å². The highest BCUT2D eigenvalue weighted by Gasteiger charge is 2.24. The highest BCUT2D eigenvalue weighted by Crippen LogP contribution is 2.27. The molecule has 2 aromatic rings. The van der Waals surface area contributed by atoms with Crippen molar-refractivity contribution >= 4 is 29.0 Å². The van der Waals surface area contributed by atoms with Gasteiger partial charge >= 0.3 is 0 Å². The Morgan fingerprint density at radius 2 is 2.09 bits per heavy atom. The molecule has 23 heavy (non-hydrogen) atoms. The third kappa shape index (κ3) is 3.46. The van der Waals surface area contributed by atoms with Gasteiger partial charge in [-0.15, -0.1) is 0 Å². The van der Waals surface area contributed by atoms with Gasteiger partial charge in [-0.2, -0.15) is 0 Å². The standard InChI is InChI=1S/C17H16ClN3O2/c18-14-6-3-5-13(10-14)17(19)20-23-11-16(22)21-9-8-12-4-1-2-7-15(12)21/h1-7,10H,8-9,11H2,(H2,19,20). The van der Waals surface area contributed by atoms with Gasteiger partial charge in [0.25, 0.3) is 5.91 Å².